The third kappa shape index (κ3) is 3.07. The molecule has 0 atom stereocenters. The molecule has 1 aromatic heterocycles. The zero-order chi connectivity index (χ0) is 12.3. The van der Waals surface area contributed by atoms with Crippen LogP contribution in [0.4, 0.5) is 0 Å². The topological polar surface area (TPSA) is 44.1 Å². The van der Waals surface area contributed by atoms with Crippen molar-refractivity contribution >= 4 is 17.4 Å². The van der Waals surface area contributed by atoms with Crippen molar-refractivity contribution in [3.05, 3.63) is 47.2 Å². The first-order valence-electron chi connectivity index (χ1n) is 5.06. The second kappa shape index (κ2) is 5.01. The van der Waals surface area contributed by atoms with E-state index in [1.165, 1.54) is 0 Å². The maximum Gasteiger partial charge on any atom is 0.220 e. The first-order chi connectivity index (χ1) is 8.15. The molecule has 88 valence electrons. The van der Waals surface area contributed by atoms with E-state index in [1.807, 2.05) is 0 Å². The molecule has 0 saturated heterocycles. The van der Waals surface area contributed by atoms with Crippen LogP contribution in [0.2, 0.25) is 5.02 Å². The Hall–Kier alpha value is -1.81. The number of halogens is 1. The number of Topliss-reactive ketones (excluding diaryl/α,β-unsaturated/α-hetero) is 1. The van der Waals surface area contributed by atoms with Crippen molar-refractivity contribution < 1.29 is 9.53 Å². The van der Waals surface area contributed by atoms with Crippen LogP contribution in [0.15, 0.2) is 36.5 Å². The van der Waals surface area contributed by atoms with Gasteiger partial charge in [-0.15, -0.1) is 0 Å². The number of carbonyl (C=O) groups excluding carboxylic acids is 1. The summed E-state index contributed by atoms with van der Waals surface area (Å²) in [7, 11) is 1.76. The number of ketones is 1. The smallest absolute Gasteiger partial charge is 0.220 e. The zero-order valence-electron chi connectivity index (χ0n) is 9.26. The van der Waals surface area contributed by atoms with E-state index in [0.717, 1.165) is 0 Å². The third-order valence-corrected chi connectivity index (χ3v) is 2.43. The molecule has 17 heavy (non-hydrogen) atoms. The van der Waals surface area contributed by atoms with E-state index < -0.39 is 0 Å². The van der Waals surface area contributed by atoms with E-state index >= 15 is 0 Å². The van der Waals surface area contributed by atoms with E-state index in [4.69, 9.17) is 16.3 Å². The Bertz CT molecular complexity index is 520. The van der Waals surface area contributed by atoms with Gasteiger partial charge in [0.05, 0.1) is 0 Å². The van der Waals surface area contributed by atoms with Gasteiger partial charge in [-0.2, -0.15) is 5.10 Å². The monoisotopic (exact) mass is 250 g/mol. The van der Waals surface area contributed by atoms with Crippen LogP contribution in [0, 0.1) is 0 Å². The molecule has 0 N–H and O–H groups in total. The van der Waals surface area contributed by atoms with Crippen molar-refractivity contribution in [2.45, 2.75) is 0 Å². The Labute approximate surface area is 104 Å². The molecule has 0 unspecified atom stereocenters. The van der Waals surface area contributed by atoms with Crippen molar-refractivity contribution in [3.8, 4) is 5.75 Å². The molecular formula is C12H11ClN2O2. The average Bonchev–Trinajstić information content (AvgIpc) is 2.75. The molecule has 0 bridgehead atoms. The second-order valence-corrected chi connectivity index (χ2v) is 3.98. The molecule has 0 spiro atoms. The lowest BCUT2D eigenvalue weighted by Gasteiger charge is -2.03. The minimum atomic E-state index is -0.152. The summed E-state index contributed by atoms with van der Waals surface area (Å²) in [6, 6.07) is 8.51. The highest BCUT2D eigenvalue weighted by molar-refractivity contribution is 6.30. The number of ether oxygens (including phenoxy) is 1. The van der Waals surface area contributed by atoms with Crippen molar-refractivity contribution in [2.75, 3.05) is 6.61 Å². The molecule has 2 aromatic rings. The normalized spacial score (nSPS) is 10.2. The molecule has 0 aliphatic rings. The van der Waals surface area contributed by atoms with Gasteiger partial charge in [0, 0.05) is 18.3 Å². The van der Waals surface area contributed by atoms with E-state index in [0.29, 0.717) is 16.5 Å². The number of carbonyl (C=O) groups is 1. The Kier molecular flexibility index (Phi) is 3.44. The number of benzene rings is 1. The van der Waals surface area contributed by atoms with Crippen LogP contribution in [-0.4, -0.2) is 22.2 Å². The molecule has 0 radical (unpaired) electrons. The third-order valence-electron chi connectivity index (χ3n) is 2.18. The molecule has 5 heteroatoms. The molecule has 0 aliphatic carbocycles. The summed E-state index contributed by atoms with van der Waals surface area (Å²) in [6.45, 7) is -0.0291. The summed E-state index contributed by atoms with van der Waals surface area (Å²) in [6.07, 6.45) is 1.72. The van der Waals surface area contributed by atoms with E-state index in [2.05, 4.69) is 5.10 Å². The Morgan fingerprint density at radius 2 is 2.06 bits per heavy atom. The number of nitrogens with zero attached hydrogens (tertiary/aromatic N) is 2. The Morgan fingerprint density at radius 1 is 1.35 bits per heavy atom. The van der Waals surface area contributed by atoms with Crippen LogP contribution in [-0.2, 0) is 7.05 Å². The molecule has 1 aromatic carbocycles. The number of rotatable bonds is 4. The standard InChI is InChI=1S/C12H11ClN2O2/c1-15-7-6-11(14-15)12(16)8-17-10-4-2-9(13)3-5-10/h2-7H,8H2,1H3. The minimum Gasteiger partial charge on any atom is -0.485 e. The highest BCUT2D eigenvalue weighted by atomic mass is 35.5. The molecule has 2 rings (SSSR count). The Morgan fingerprint density at radius 3 is 2.65 bits per heavy atom. The maximum atomic E-state index is 11.7. The van der Waals surface area contributed by atoms with E-state index in [1.54, 1.807) is 48.3 Å². The lowest BCUT2D eigenvalue weighted by molar-refractivity contribution is 0.0916. The van der Waals surface area contributed by atoms with E-state index in [-0.39, 0.29) is 12.4 Å². The van der Waals surface area contributed by atoms with Crippen LogP contribution in [0.5, 0.6) is 5.75 Å². The number of aromatic nitrogens is 2. The zero-order valence-corrected chi connectivity index (χ0v) is 10.0. The number of aryl methyl sites for hydroxylation is 1. The summed E-state index contributed by atoms with van der Waals surface area (Å²) in [5.74, 6) is 0.458. The lowest BCUT2D eigenvalue weighted by Crippen LogP contribution is -2.12. The van der Waals surface area contributed by atoms with Gasteiger partial charge in [0.25, 0.3) is 0 Å². The number of hydrogen-bond donors (Lipinski definition) is 0. The first kappa shape index (κ1) is 11.7. The van der Waals surface area contributed by atoms with Crippen molar-refractivity contribution in [1.29, 1.82) is 0 Å². The summed E-state index contributed by atoms with van der Waals surface area (Å²) in [5, 5.41) is 4.64. The summed E-state index contributed by atoms with van der Waals surface area (Å²) < 4.78 is 6.91. The van der Waals surface area contributed by atoms with Gasteiger partial charge in [0.2, 0.25) is 5.78 Å². The molecule has 0 aliphatic heterocycles. The van der Waals surface area contributed by atoms with Crippen molar-refractivity contribution in [2.24, 2.45) is 7.05 Å². The van der Waals surface area contributed by atoms with Gasteiger partial charge in [0.1, 0.15) is 11.4 Å². The van der Waals surface area contributed by atoms with Gasteiger partial charge in [-0.1, -0.05) is 11.6 Å². The average molecular weight is 251 g/mol. The first-order valence-corrected chi connectivity index (χ1v) is 5.44. The van der Waals surface area contributed by atoms with Crippen LogP contribution in [0.25, 0.3) is 0 Å². The fraction of sp³-hybridized carbons (Fsp3) is 0.167. The van der Waals surface area contributed by atoms with Gasteiger partial charge in [-0.05, 0) is 30.3 Å². The summed E-state index contributed by atoms with van der Waals surface area (Å²) >= 11 is 5.74. The van der Waals surface area contributed by atoms with Gasteiger partial charge in [0.15, 0.2) is 6.61 Å². The highest BCUT2D eigenvalue weighted by Gasteiger charge is 2.09. The van der Waals surface area contributed by atoms with Crippen LogP contribution in [0.1, 0.15) is 10.5 Å². The van der Waals surface area contributed by atoms with Crippen LogP contribution in [0.3, 0.4) is 0 Å². The fourth-order valence-corrected chi connectivity index (χ4v) is 1.44. The summed E-state index contributed by atoms with van der Waals surface area (Å²) in [5.41, 5.74) is 0.404. The molecule has 1 heterocycles. The predicted octanol–water partition coefficient (Wildman–Crippen LogP) is 2.34. The SMILES string of the molecule is Cn1ccc(C(=O)COc2ccc(Cl)cc2)n1. The minimum absolute atomic E-state index is 0.0291. The molecule has 0 saturated carbocycles. The van der Waals surface area contributed by atoms with Gasteiger partial charge in [-0.3, -0.25) is 9.48 Å². The van der Waals surface area contributed by atoms with Gasteiger partial charge in [-0.25, -0.2) is 0 Å². The molecule has 4 nitrogen and oxygen atoms in total. The fourth-order valence-electron chi connectivity index (χ4n) is 1.32. The van der Waals surface area contributed by atoms with E-state index in [9.17, 15) is 4.79 Å². The van der Waals surface area contributed by atoms with Crippen LogP contribution >= 0.6 is 11.6 Å². The molecular weight excluding hydrogens is 240 g/mol. The molecule has 0 fully saturated rings. The van der Waals surface area contributed by atoms with Gasteiger partial charge >= 0.3 is 0 Å². The summed E-state index contributed by atoms with van der Waals surface area (Å²) in [4.78, 5) is 11.7. The number of hydrogen-bond acceptors (Lipinski definition) is 3. The maximum absolute atomic E-state index is 11.7. The predicted molar refractivity (Wildman–Crippen MR) is 64.5 cm³/mol. The lowest BCUT2D eigenvalue weighted by atomic mass is 10.3. The second-order valence-electron chi connectivity index (χ2n) is 3.54. The van der Waals surface area contributed by atoms with Gasteiger partial charge < -0.3 is 4.74 Å². The van der Waals surface area contributed by atoms with Crippen molar-refractivity contribution in [1.82, 2.24) is 9.78 Å². The largest absolute Gasteiger partial charge is 0.485 e. The van der Waals surface area contributed by atoms with Crippen molar-refractivity contribution in [3.63, 3.8) is 0 Å². The quantitative estimate of drug-likeness (QED) is 0.783. The Balaban J connectivity index is 1.94. The highest BCUT2D eigenvalue weighted by Crippen LogP contribution is 2.15. The molecule has 0 amide bonds. The van der Waals surface area contributed by atoms with Crippen LogP contribution < -0.4 is 4.74 Å².